The summed E-state index contributed by atoms with van der Waals surface area (Å²) < 4.78 is 17.1. The molecule has 0 saturated heterocycles. The minimum absolute atomic E-state index is 0.0285. The van der Waals surface area contributed by atoms with Gasteiger partial charge in [-0.1, -0.05) is 36.4 Å². The van der Waals surface area contributed by atoms with Crippen molar-refractivity contribution in [3.8, 4) is 11.5 Å². The maximum absolute atomic E-state index is 12.9. The van der Waals surface area contributed by atoms with Crippen molar-refractivity contribution < 1.29 is 28.9 Å². The van der Waals surface area contributed by atoms with Crippen LogP contribution in [0.25, 0.3) is 0 Å². The number of carboxylic acids is 1. The van der Waals surface area contributed by atoms with E-state index in [0.717, 1.165) is 28.1 Å². The molecule has 0 radical (unpaired) electrons. The highest BCUT2D eigenvalue weighted by atomic mass is 16.5. The molecular formula is C28H29NO6. The number of carboxylic acid groups (broad SMARTS) is 1. The summed E-state index contributed by atoms with van der Waals surface area (Å²) in [6.45, 7) is 2.80. The molecule has 7 nitrogen and oxygen atoms in total. The minimum atomic E-state index is -0.970. The van der Waals surface area contributed by atoms with E-state index in [1.807, 2.05) is 66.7 Å². The van der Waals surface area contributed by atoms with Gasteiger partial charge in [-0.25, -0.2) is 4.79 Å². The predicted molar refractivity (Wildman–Crippen MR) is 133 cm³/mol. The molecule has 3 aromatic rings. The molecule has 35 heavy (non-hydrogen) atoms. The van der Waals surface area contributed by atoms with Crippen LogP contribution in [-0.4, -0.2) is 50.0 Å². The van der Waals surface area contributed by atoms with Gasteiger partial charge in [-0.05, 0) is 48.4 Å². The highest BCUT2D eigenvalue weighted by Gasteiger charge is 2.25. The first-order valence-corrected chi connectivity index (χ1v) is 11.6. The Morgan fingerprint density at radius 2 is 1.74 bits per heavy atom. The summed E-state index contributed by atoms with van der Waals surface area (Å²) in [5.41, 5.74) is 4.36. The smallest absolute Gasteiger partial charge is 0.333 e. The van der Waals surface area contributed by atoms with Gasteiger partial charge in [-0.2, -0.15) is 0 Å². The van der Waals surface area contributed by atoms with E-state index in [2.05, 4.69) is 0 Å². The standard InChI is InChI=1S/C28H29NO6/c1-3-33-26(28(31)32)17-19-11-13-21(14-12-19)34-15-16-35-25-10-6-9-24-23(25)18-20-7-4-5-8-22(20)27(30)29(24)2/h4-14,26H,3,15-18H2,1-2H3,(H,31,32). The first-order chi connectivity index (χ1) is 17.0. The molecule has 1 unspecified atom stereocenters. The van der Waals surface area contributed by atoms with Gasteiger partial charge in [0.25, 0.3) is 5.91 Å². The second-order valence-corrected chi connectivity index (χ2v) is 8.28. The van der Waals surface area contributed by atoms with Crippen LogP contribution in [0.15, 0.2) is 66.7 Å². The van der Waals surface area contributed by atoms with Crippen molar-refractivity contribution in [1.29, 1.82) is 0 Å². The Bertz CT molecular complexity index is 1190. The minimum Gasteiger partial charge on any atom is -0.490 e. The van der Waals surface area contributed by atoms with Crippen LogP contribution in [-0.2, 0) is 22.4 Å². The third-order valence-electron chi connectivity index (χ3n) is 5.99. The lowest BCUT2D eigenvalue weighted by molar-refractivity contribution is -0.149. The lowest BCUT2D eigenvalue weighted by Crippen LogP contribution is -2.26. The molecule has 4 rings (SSSR count). The first kappa shape index (κ1) is 24.3. The average molecular weight is 476 g/mol. The predicted octanol–water partition coefficient (Wildman–Crippen LogP) is 4.36. The van der Waals surface area contributed by atoms with Gasteiger partial charge in [-0.15, -0.1) is 0 Å². The van der Waals surface area contributed by atoms with Gasteiger partial charge in [0.15, 0.2) is 6.10 Å². The molecule has 182 valence electrons. The Balaban J connectivity index is 1.37. The van der Waals surface area contributed by atoms with Crippen molar-refractivity contribution in [3.63, 3.8) is 0 Å². The Morgan fingerprint density at radius 1 is 1.00 bits per heavy atom. The average Bonchev–Trinajstić information content (AvgIpc) is 2.97. The maximum Gasteiger partial charge on any atom is 0.333 e. The largest absolute Gasteiger partial charge is 0.490 e. The van der Waals surface area contributed by atoms with E-state index in [1.165, 1.54) is 0 Å². The van der Waals surface area contributed by atoms with E-state index in [0.29, 0.717) is 44.0 Å². The summed E-state index contributed by atoms with van der Waals surface area (Å²) in [5, 5.41) is 9.24. The first-order valence-electron chi connectivity index (χ1n) is 11.6. The van der Waals surface area contributed by atoms with Gasteiger partial charge in [0, 0.05) is 37.6 Å². The van der Waals surface area contributed by atoms with Crippen molar-refractivity contribution in [2.75, 3.05) is 31.8 Å². The number of anilines is 1. The van der Waals surface area contributed by atoms with Crippen molar-refractivity contribution in [3.05, 3.63) is 89.0 Å². The number of carbonyl (C=O) groups excluding carboxylic acids is 1. The van der Waals surface area contributed by atoms with Crippen LogP contribution in [0.3, 0.4) is 0 Å². The summed E-state index contributed by atoms with van der Waals surface area (Å²) in [6, 6.07) is 20.7. The van der Waals surface area contributed by atoms with Gasteiger partial charge in [0.2, 0.25) is 0 Å². The van der Waals surface area contributed by atoms with E-state index >= 15 is 0 Å². The Kier molecular flexibility index (Phi) is 7.67. The number of fused-ring (bicyclic) bond motifs is 2. The molecule has 1 heterocycles. The molecule has 3 aromatic carbocycles. The summed E-state index contributed by atoms with van der Waals surface area (Å²) in [5.74, 6) is 0.404. The highest BCUT2D eigenvalue weighted by molar-refractivity contribution is 6.08. The van der Waals surface area contributed by atoms with Gasteiger partial charge >= 0.3 is 5.97 Å². The highest BCUT2D eigenvalue weighted by Crippen LogP contribution is 2.35. The SMILES string of the molecule is CCOC(Cc1ccc(OCCOc2cccc3c2Cc2ccccc2C(=O)N3C)cc1)C(=O)O. The lowest BCUT2D eigenvalue weighted by atomic mass is 10.00. The second-order valence-electron chi connectivity index (χ2n) is 8.28. The number of hydrogen-bond acceptors (Lipinski definition) is 5. The Morgan fingerprint density at radius 3 is 2.49 bits per heavy atom. The van der Waals surface area contributed by atoms with Gasteiger partial charge in [0.1, 0.15) is 24.7 Å². The van der Waals surface area contributed by atoms with Crippen LogP contribution in [0.1, 0.15) is 34.0 Å². The fraction of sp³-hybridized carbons (Fsp3) is 0.286. The second kappa shape index (κ2) is 11.1. The zero-order valence-corrected chi connectivity index (χ0v) is 19.9. The van der Waals surface area contributed by atoms with Gasteiger partial charge < -0.3 is 24.2 Å². The van der Waals surface area contributed by atoms with Gasteiger partial charge in [0.05, 0.1) is 5.69 Å². The zero-order valence-electron chi connectivity index (χ0n) is 19.9. The summed E-state index contributed by atoms with van der Waals surface area (Å²) in [7, 11) is 1.78. The quantitative estimate of drug-likeness (QED) is 0.439. The van der Waals surface area contributed by atoms with Crippen LogP contribution >= 0.6 is 0 Å². The van der Waals surface area contributed by atoms with E-state index in [-0.39, 0.29) is 5.91 Å². The number of rotatable bonds is 10. The number of hydrogen-bond donors (Lipinski definition) is 1. The van der Waals surface area contributed by atoms with Crippen LogP contribution in [0.2, 0.25) is 0 Å². The summed E-state index contributed by atoms with van der Waals surface area (Å²) in [4.78, 5) is 25.9. The third-order valence-corrected chi connectivity index (χ3v) is 5.99. The Labute approximate surface area is 204 Å². The normalized spacial score (nSPS) is 13.4. The number of nitrogens with zero attached hydrogens (tertiary/aromatic N) is 1. The molecule has 1 aliphatic rings. The Hall–Kier alpha value is -3.84. The fourth-order valence-electron chi connectivity index (χ4n) is 4.21. The molecule has 1 amide bonds. The monoisotopic (exact) mass is 475 g/mol. The van der Waals surface area contributed by atoms with Crippen molar-refractivity contribution in [1.82, 2.24) is 0 Å². The molecule has 0 spiro atoms. The maximum atomic E-state index is 12.9. The zero-order chi connectivity index (χ0) is 24.8. The molecule has 7 heteroatoms. The van der Waals surface area contributed by atoms with Crippen molar-refractivity contribution >= 4 is 17.6 Å². The molecule has 0 aromatic heterocycles. The molecule has 1 atom stereocenters. The van der Waals surface area contributed by atoms with E-state index < -0.39 is 12.1 Å². The van der Waals surface area contributed by atoms with Crippen molar-refractivity contribution in [2.24, 2.45) is 0 Å². The number of benzene rings is 3. The van der Waals surface area contributed by atoms with E-state index in [1.54, 1.807) is 18.9 Å². The molecule has 1 N–H and O–H groups in total. The molecule has 0 saturated carbocycles. The van der Waals surface area contributed by atoms with Crippen LogP contribution in [0, 0.1) is 0 Å². The lowest BCUT2D eigenvalue weighted by Gasteiger charge is -2.20. The number of ether oxygens (including phenoxy) is 3. The van der Waals surface area contributed by atoms with E-state index in [9.17, 15) is 14.7 Å². The number of carbonyl (C=O) groups is 2. The topological polar surface area (TPSA) is 85.3 Å². The molecule has 0 aliphatic carbocycles. The molecule has 0 bridgehead atoms. The molecular weight excluding hydrogens is 446 g/mol. The number of aliphatic carboxylic acids is 1. The van der Waals surface area contributed by atoms with E-state index in [4.69, 9.17) is 14.2 Å². The fourth-order valence-corrected chi connectivity index (χ4v) is 4.21. The van der Waals surface area contributed by atoms with Crippen molar-refractivity contribution in [2.45, 2.75) is 25.9 Å². The summed E-state index contributed by atoms with van der Waals surface area (Å²) in [6.07, 6.45) is 0.0488. The third kappa shape index (κ3) is 5.63. The van der Waals surface area contributed by atoms with Crippen LogP contribution in [0.5, 0.6) is 11.5 Å². The molecule has 0 fully saturated rings. The number of amides is 1. The van der Waals surface area contributed by atoms with Gasteiger partial charge in [-0.3, -0.25) is 4.79 Å². The summed E-state index contributed by atoms with van der Waals surface area (Å²) >= 11 is 0. The molecule has 1 aliphatic heterocycles. The van der Waals surface area contributed by atoms with Crippen LogP contribution < -0.4 is 14.4 Å². The van der Waals surface area contributed by atoms with Crippen LogP contribution in [0.4, 0.5) is 5.69 Å².